The third-order valence-electron chi connectivity index (χ3n) is 2.25. The van der Waals surface area contributed by atoms with Crippen LogP contribution < -0.4 is 4.74 Å². The van der Waals surface area contributed by atoms with Gasteiger partial charge in [0.2, 0.25) is 0 Å². The van der Waals surface area contributed by atoms with Crippen molar-refractivity contribution >= 4 is 11.8 Å². The molecule has 0 aliphatic carbocycles. The molecule has 0 radical (unpaired) electrons. The quantitative estimate of drug-likeness (QED) is 0.688. The number of hydrogen-bond donors (Lipinski definition) is 0. The molecule has 78 valence electrons. The van der Waals surface area contributed by atoms with Crippen LogP contribution in [0.2, 0.25) is 0 Å². The zero-order valence-electron chi connectivity index (χ0n) is 9.55. The van der Waals surface area contributed by atoms with Crippen molar-refractivity contribution in [2.24, 2.45) is 0 Å². The van der Waals surface area contributed by atoms with Gasteiger partial charge in [0.1, 0.15) is 5.75 Å². The van der Waals surface area contributed by atoms with Crippen LogP contribution in [0.3, 0.4) is 0 Å². The van der Waals surface area contributed by atoms with E-state index >= 15 is 0 Å². The van der Waals surface area contributed by atoms with Gasteiger partial charge in [-0.05, 0) is 29.4 Å². The summed E-state index contributed by atoms with van der Waals surface area (Å²) in [7, 11) is 1.71. The fourth-order valence-electron chi connectivity index (χ4n) is 1.30. The summed E-state index contributed by atoms with van der Waals surface area (Å²) >= 11 is 1.73. The average Bonchev–Trinajstić information content (AvgIpc) is 2.15. The predicted molar refractivity (Wildman–Crippen MR) is 63.5 cm³/mol. The number of ether oxygens (including phenoxy) is 1. The van der Waals surface area contributed by atoms with Crippen molar-refractivity contribution in [3.8, 4) is 5.75 Å². The lowest BCUT2D eigenvalue weighted by Crippen LogP contribution is -2.10. The summed E-state index contributed by atoms with van der Waals surface area (Å²) in [6, 6.07) is 6.40. The fourth-order valence-corrected chi connectivity index (χ4v) is 1.90. The van der Waals surface area contributed by atoms with Crippen molar-refractivity contribution in [3.63, 3.8) is 0 Å². The minimum Gasteiger partial charge on any atom is -0.496 e. The van der Waals surface area contributed by atoms with Gasteiger partial charge >= 0.3 is 0 Å². The van der Waals surface area contributed by atoms with Gasteiger partial charge in [0, 0.05) is 4.90 Å². The molecule has 2 heteroatoms. The first-order chi connectivity index (χ1) is 6.49. The summed E-state index contributed by atoms with van der Waals surface area (Å²) in [4.78, 5) is 1.21. The smallest absolute Gasteiger partial charge is 0.132 e. The lowest BCUT2D eigenvalue weighted by atomic mass is 9.87. The number of rotatable bonds is 2. The molecule has 1 rings (SSSR count). The molecule has 0 aliphatic rings. The highest BCUT2D eigenvalue weighted by Gasteiger charge is 2.15. The molecule has 0 amide bonds. The molecule has 0 atom stereocenters. The van der Waals surface area contributed by atoms with Crippen molar-refractivity contribution in [1.82, 2.24) is 0 Å². The zero-order valence-corrected chi connectivity index (χ0v) is 10.4. The second-order valence-electron chi connectivity index (χ2n) is 4.32. The molecule has 0 fully saturated rings. The van der Waals surface area contributed by atoms with E-state index in [-0.39, 0.29) is 5.41 Å². The zero-order chi connectivity index (χ0) is 10.8. The number of methoxy groups -OCH3 is 1. The SMILES string of the molecule is COc1ccc(C(C)(C)C)cc1SC. The Morgan fingerprint density at radius 2 is 1.86 bits per heavy atom. The van der Waals surface area contributed by atoms with E-state index in [1.807, 2.05) is 6.07 Å². The maximum atomic E-state index is 5.28. The molecular weight excluding hydrogens is 192 g/mol. The molecule has 0 heterocycles. The first-order valence-corrected chi connectivity index (χ1v) is 5.94. The molecule has 0 unspecified atom stereocenters. The van der Waals surface area contributed by atoms with Gasteiger partial charge in [0.05, 0.1) is 7.11 Å². The van der Waals surface area contributed by atoms with Crippen LogP contribution in [0.4, 0.5) is 0 Å². The third-order valence-corrected chi connectivity index (χ3v) is 3.01. The second-order valence-corrected chi connectivity index (χ2v) is 5.17. The van der Waals surface area contributed by atoms with Gasteiger partial charge in [-0.2, -0.15) is 0 Å². The van der Waals surface area contributed by atoms with Crippen LogP contribution in [0.5, 0.6) is 5.75 Å². The Labute approximate surface area is 90.9 Å². The van der Waals surface area contributed by atoms with Gasteiger partial charge in [-0.3, -0.25) is 0 Å². The number of hydrogen-bond acceptors (Lipinski definition) is 2. The Hall–Kier alpha value is -0.630. The molecule has 14 heavy (non-hydrogen) atoms. The highest BCUT2D eigenvalue weighted by Crippen LogP contribution is 2.32. The molecule has 1 aromatic rings. The lowest BCUT2D eigenvalue weighted by Gasteiger charge is -2.20. The Kier molecular flexibility index (Phi) is 3.48. The highest BCUT2D eigenvalue weighted by atomic mass is 32.2. The topological polar surface area (TPSA) is 9.23 Å². The van der Waals surface area contributed by atoms with Crippen LogP contribution in [-0.4, -0.2) is 13.4 Å². The van der Waals surface area contributed by atoms with E-state index in [2.05, 4.69) is 39.2 Å². The Balaban J connectivity index is 3.14. The average molecular weight is 210 g/mol. The molecule has 0 aromatic heterocycles. The van der Waals surface area contributed by atoms with Gasteiger partial charge in [-0.15, -0.1) is 11.8 Å². The van der Waals surface area contributed by atoms with E-state index in [1.54, 1.807) is 18.9 Å². The van der Waals surface area contributed by atoms with Crippen LogP contribution in [0.15, 0.2) is 23.1 Å². The molecule has 0 saturated carbocycles. The Bertz CT molecular complexity index is 313. The van der Waals surface area contributed by atoms with Crippen molar-refractivity contribution in [1.29, 1.82) is 0 Å². The molecule has 0 spiro atoms. The van der Waals surface area contributed by atoms with E-state index in [0.29, 0.717) is 0 Å². The van der Waals surface area contributed by atoms with E-state index in [0.717, 1.165) is 5.75 Å². The van der Waals surface area contributed by atoms with Crippen LogP contribution in [-0.2, 0) is 5.41 Å². The van der Waals surface area contributed by atoms with Crippen molar-refractivity contribution in [2.45, 2.75) is 31.1 Å². The van der Waals surface area contributed by atoms with Crippen molar-refractivity contribution in [3.05, 3.63) is 23.8 Å². The molecule has 0 saturated heterocycles. The second kappa shape index (κ2) is 4.26. The Morgan fingerprint density at radius 1 is 1.21 bits per heavy atom. The van der Waals surface area contributed by atoms with E-state index in [4.69, 9.17) is 4.74 Å². The van der Waals surface area contributed by atoms with Crippen LogP contribution in [0.25, 0.3) is 0 Å². The van der Waals surface area contributed by atoms with Crippen molar-refractivity contribution in [2.75, 3.05) is 13.4 Å². The largest absolute Gasteiger partial charge is 0.496 e. The first kappa shape index (κ1) is 11.4. The minimum absolute atomic E-state index is 0.205. The van der Waals surface area contributed by atoms with Gasteiger partial charge in [-0.25, -0.2) is 0 Å². The summed E-state index contributed by atoms with van der Waals surface area (Å²) in [5, 5.41) is 0. The molecule has 0 aliphatic heterocycles. The maximum Gasteiger partial charge on any atom is 0.132 e. The normalized spacial score (nSPS) is 11.5. The summed E-state index contributed by atoms with van der Waals surface area (Å²) in [6.45, 7) is 6.66. The first-order valence-electron chi connectivity index (χ1n) is 4.71. The van der Waals surface area contributed by atoms with Gasteiger partial charge in [-0.1, -0.05) is 26.8 Å². The van der Waals surface area contributed by atoms with Crippen LogP contribution in [0.1, 0.15) is 26.3 Å². The molecular formula is C12H18OS. The summed E-state index contributed by atoms with van der Waals surface area (Å²) in [6.07, 6.45) is 2.07. The summed E-state index contributed by atoms with van der Waals surface area (Å²) in [5.41, 5.74) is 1.55. The predicted octanol–water partition coefficient (Wildman–Crippen LogP) is 3.71. The van der Waals surface area contributed by atoms with E-state index < -0.39 is 0 Å². The Morgan fingerprint density at radius 3 is 2.29 bits per heavy atom. The van der Waals surface area contributed by atoms with Gasteiger partial charge in [0.15, 0.2) is 0 Å². The minimum atomic E-state index is 0.205. The number of benzene rings is 1. The van der Waals surface area contributed by atoms with E-state index in [1.165, 1.54) is 10.5 Å². The molecule has 0 bridgehead atoms. The maximum absolute atomic E-state index is 5.28. The van der Waals surface area contributed by atoms with E-state index in [9.17, 15) is 0 Å². The summed E-state index contributed by atoms with van der Waals surface area (Å²) < 4.78 is 5.28. The summed E-state index contributed by atoms with van der Waals surface area (Å²) in [5.74, 6) is 0.963. The highest BCUT2D eigenvalue weighted by molar-refractivity contribution is 7.98. The number of thioether (sulfide) groups is 1. The standard InChI is InChI=1S/C12H18OS/c1-12(2,3)9-6-7-10(13-4)11(8-9)14-5/h6-8H,1-5H3. The third kappa shape index (κ3) is 2.44. The monoisotopic (exact) mass is 210 g/mol. The van der Waals surface area contributed by atoms with Crippen LogP contribution >= 0.6 is 11.8 Å². The van der Waals surface area contributed by atoms with Gasteiger partial charge in [0.25, 0.3) is 0 Å². The lowest BCUT2D eigenvalue weighted by molar-refractivity contribution is 0.404. The fraction of sp³-hybridized carbons (Fsp3) is 0.500. The van der Waals surface area contributed by atoms with Gasteiger partial charge < -0.3 is 4.74 Å². The molecule has 1 aromatic carbocycles. The molecule has 1 nitrogen and oxygen atoms in total. The van der Waals surface area contributed by atoms with Crippen LogP contribution in [0, 0.1) is 0 Å². The van der Waals surface area contributed by atoms with Crippen molar-refractivity contribution < 1.29 is 4.74 Å². The molecule has 0 N–H and O–H groups in total.